The number of rotatable bonds is 9. The topological polar surface area (TPSA) is 118 Å². The molecule has 0 atom stereocenters. The summed E-state index contributed by atoms with van der Waals surface area (Å²) in [7, 11) is 0. The normalized spacial score (nSPS) is 10.5. The summed E-state index contributed by atoms with van der Waals surface area (Å²) >= 11 is 0. The van der Waals surface area contributed by atoms with E-state index in [1.807, 2.05) is 6.92 Å². The van der Waals surface area contributed by atoms with Crippen LogP contribution in [-0.2, 0) is 6.61 Å². The van der Waals surface area contributed by atoms with Crippen LogP contribution in [0.15, 0.2) is 48.5 Å². The lowest BCUT2D eigenvalue weighted by Crippen LogP contribution is -2.28. The zero-order chi connectivity index (χ0) is 22.2. The summed E-state index contributed by atoms with van der Waals surface area (Å²) in [5.41, 5.74) is 1.27. The van der Waals surface area contributed by atoms with E-state index in [1.165, 1.54) is 22.9 Å². The molecule has 3 rings (SSSR count). The van der Waals surface area contributed by atoms with Crippen molar-refractivity contribution in [3.05, 3.63) is 71.3 Å². The van der Waals surface area contributed by atoms with Gasteiger partial charge in [-0.3, -0.25) is 9.59 Å². The molecule has 3 N–H and O–H groups in total. The highest BCUT2D eigenvalue weighted by molar-refractivity contribution is 5.94. The highest BCUT2D eigenvalue weighted by atomic mass is 19.1. The number of nitrogens with one attached hydrogen (secondary N) is 2. The van der Waals surface area contributed by atoms with Gasteiger partial charge in [-0.05, 0) is 43.3 Å². The SMILES string of the molecule is CCNC(=O)c1ccc(-n2nnc(C(=O)NCCO)c2COc2ccccc2F)cc1. The monoisotopic (exact) mass is 427 g/mol. The van der Waals surface area contributed by atoms with Crippen molar-refractivity contribution in [2.24, 2.45) is 0 Å². The van der Waals surface area contributed by atoms with Crippen LogP contribution in [0.5, 0.6) is 5.75 Å². The molecule has 2 aromatic carbocycles. The molecule has 0 radical (unpaired) electrons. The lowest BCUT2D eigenvalue weighted by Gasteiger charge is -2.11. The van der Waals surface area contributed by atoms with E-state index in [0.717, 1.165) is 0 Å². The molecular formula is C21H22FN5O4. The number of ether oxygens (including phenoxy) is 1. The Hall–Kier alpha value is -3.79. The van der Waals surface area contributed by atoms with Gasteiger partial charge in [-0.15, -0.1) is 5.10 Å². The summed E-state index contributed by atoms with van der Waals surface area (Å²) in [6, 6.07) is 12.4. The molecule has 9 nitrogen and oxygen atoms in total. The second-order valence-electron chi connectivity index (χ2n) is 6.40. The van der Waals surface area contributed by atoms with Crippen molar-refractivity contribution in [2.75, 3.05) is 19.7 Å². The minimum Gasteiger partial charge on any atom is -0.484 e. The summed E-state index contributed by atoms with van der Waals surface area (Å²) in [4.78, 5) is 24.4. The molecule has 31 heavy (non-hydrogen) atoms. The maximum atomic E-state index is 13.9. The molecule has 10 heteroatoms. The zero-order valence-electron chi connectivity index (χ0n) is 16.8. The molecule has 0 bridgehead atoms. The van der Waals surface area contributed by atoms with Crippen molar-refractivity contribution < 1.29 is 23.8 Å². The van der Waals surface area contributed by atoms with Gasteiger partial charge >= 0.3 is 0 Å². The van der Waals surface area contributed by atoms with E-state index in [2.05, 4.69) is 20.9 Å². The Labute approximate surface area is 177 Å². The minimum absolute atomic E-state index is 0.0161. The largest absolute Gasteiger partial charge is 0.484 e. The van der Waals surface area contributed by atoms with Crippen LogP contribution in [-0.4, -0.2) is 51.6 Å². The van der Waals surface area contributed by atoms with Crippen molar-refractivity contribution in [1.29, 1.82) is 0 Å². The number of para-hydroxylation sites is 1. The van der Waals surface area contributed by atoms with Gasteiger partial charge in [-0.1, -0.05) is 17.3 Å². The highest BCUT2D eigenvalue weighted by Gasteiger charge is 2.21. The molecule has 0 saturated heterocycles. The Morgan fingerprint density at radius 2 is 1.84 bits per heavy atom. The van der Waals surface area contributed by atoms with E-state index >= 15 is 0 Å². The van der Waals surface area contributed by atoms with E-state index in [1.54, 1.807) is 30.3 Å². The van der Waals surface area contributed by atoms with Gasteiger partial charge in [-0.2, -0.15) is 0 Å². The quantitative estimate of drug-likeness (QED) is 0.476. The first-order valence-corrected chi connectivity index (χ1v) is 9.64. The van der Waals surface area contributed by atoms with Crippen LogP contribution in [0.3, 0.4) is 0 Å². The van der Waals surface area contributed by atoms with E-state index in [0.29, 0.717) is 17.8 Å². The number of carbonyl (C=O) groups is 2. The number of aromatic nitrogens is 3. The van der Waals surface area contributed by atoms with Crippen molar-refractivity contribution in [3.63, 3.8) is 0 Å². The first-order valence-electron chi connectivity index (χ1n) is 9.64. The van der Waals surface area contributed by atoms with Gasteiger partial charge in [0.15, 0.2) is 17.3 Å². The van der Waals surface area contributed by atoms with Gasteiger partial charge in [0.25, 0.3) is 11.8 Å². The first-order chi connectivity index (χ1) is 15.0. The van der Waals surface area contributed by atoms with E-state index in [4.69, 9.17) is 9.84 Å². The molecule has 0 unspecified atom stereocenters. The van der Waals surface area contributed by atoms with Crippen LogP contribution in [0.2, 0.25) is 0 Å². The van der Waals surface area contributed by atoms with Gasteiger partial charge in [-0.25, -0.2) is 9.07 Å². The Bertz CT molecular complexity index is 1050. The number of benzene rings is 2. The van der Waals surface area contributed by atoms with Gasteiger partial charge in [0.1, 0.15) is 12.3 Å². The Morgan fingerprint density at radius 3 is 2.52 bits per heavy atom. The molecular weight excluding hydrogens is 405 g/mol. The van der Waals surface area contributed by atoms with Crippen molar-refractivity contribution in [3.8, 4) is 11.4 Å². The standard InChI is InChI=1S/C21H22FN5O4/c1-2-23-20(29)14-7-9-15(10-8-14)27-17(13-31-18-6-4-3-5-16(18)22)19(25-26-27)21(30)24-11-12-28/h3-10,28H,2,11-13H2,1H3,(H,23,29)(H,24,30). The molecule has 0 aliphatic heterocycles. The summed E-state index contributed by atoms with van der Waals surface area (Å²) in [5.74, 6) is -1.28. The third kappa shape index (κ3) is 5.23. The van der Waals surface area contributed by atoms with Crippen molar-refractivity contribution in [1.82, 2.24) is 25.6 Å². The Kier molecular flexibility index (Phi) is 7.28. The second-order valence-corrected chi connectivity index (χ2v) is 6.40. The van der Waals surface area contributed by atoms with E-state index in [9.17, 15) is 14.0 Å². The molecule has 162 valence electrons. The first kappa shape index (κ1) is 21.9. The lowest BCUT2D eigenvalue weighted by atomic mass is 10.2. The molecule has 0 aliphatic carbocycles. The maximum absolute atomic E-state index is 13.9. The molecule has 3 aromatic rings. The lowest BCUT2D eigenvalue weighted by molar-refractivity contribution is 0.0934. The fourth-order valence-electron chi connectivity index (χ4n) is 2.79. The Morgan fingerprint density at radius 1 is 1.10 bits per heavy atom. The van der Waals surface area contributed by atoms with Gasteiger partial charge in [0.2, 0.25) is 0 Å². The predicted octanol–water partition coefficient (Wildman–Crippen LogP) is 1.46. The third-order valence-corrected chi connectivity index (χ3v) is 4.29. The molecule has 0 saturated carbocycles. The average Bonchev–Trinajstić information content (AvgIpc) is 3.21. The van der Waals surface area contributed by atoms with Crippen LogP contribution in [0, 0.1) is 5.82 Å². The van der Waals surface area contributed by atoms with Gasteiger partial charge < -0.3 is 20.5 Å². The highest BCUT2D eigenvalue weighted by Crippen LogP contribution is 2.20. The number of halogens is 1. The minimum atomic E-state index is -0.550. The number of hydrogen-bond acceptors (Lipinski definition) is 6. The van der Waals surface area contributed by atoms with Gasteiger partial charge in [0, 0.05) is 18.7 Å². The van der Waals surface area contributed by atoms with Crippen molar-refractivity contribution in [2.45, 2.75) is 13.5 Å². The summed E-state index contributed by atoms with van der Waals surface area (Å²) in [5, 5.41) is 22.1. The fourth-order valence-corrected chi connectivity index (χ4v) is 2.79. The summed E-state index contributed by atoms with van der Waals surface area (Å²) < 4.78 is 20.9. The fraction of sp³-hybridized carbons (Fsp3) is 0.238. The van der Waals surface area contributed by atoms with E-state index in [-0.39, 0.29) is 42.8 Å². The number of aliphatic hydroxyl groups is 1. The van der Waals surface area contributed by atoms with Crippen LogP contribution < -0.4 is 15.4 Å². The zero-order valence-corrected chi connectivity index (χ0v) is 16.8. The summed E-state index contributed by atoms with van der Waals surface area (Å²) in [6.45, 7) is 1.96. The molecule has 2 amide bonds. The number of aliphatic hydroxyl groups excluding tert-OH is 1. The smallest absolute Gasteiger partial charge is 0.274 e. The number of hydrogen-bond donors (Lipinski definition) is 3. The number of amides is 2. The second kappa shape index (κ2) is 10.3. The third-order valence-electron chi connectivity index (χ3n) is 4.29. The van der Waals surface area contributed by atoms with Crippen LogP contribution >= 0.6 is 0 Å². The molecule has 0 aliphatic rings. The summed E-state index contributed by atoms with van der Waals surface area (Å²) in [6.07, 6.45) is 0. The van der Waals surface area contributed by atoms with Gasteiger partial charge in [0.05, 0.1) is 12.3 Å². The maximum Gasteiger partial charge on any atom is 0.274 e. The number of carbonyl (C=O) groups excluding carboxylic acids is 2. The molecule has 1 heterocycles. The number of nitrogens with zero attached hydrogens (tertiary/aromatic N) is 3. The molecule has 0 fully saturated rings. The molecule has 1 aromatic heterocycles. The van der Waals surface area contributed by atoms with Crippen LogP contribution in [0.1, 0.15) is 33.5 Å². The Balaban J connectivity index is 1.92. The van der Waals surface area contributed by atoms with Crippen LogP contribution in [0.4, 0.5) is 4.39 Å². The predicted molar refractivity (Wildman–Crippen MR) is 110 cm³/mol. The molecule has 0 spiro atoms. The van der Waals surface area contributed by atoms with E-state index < -0.39 is 11.7 Å². The van der Waals surface area contributed by atoms with Crippen LogP contribution in [0.25, 0.3) is 5.69 Å². The van der Waals surface area contributed by atoms with Crippen molar-refractivity contribution >= 4 is 11.8 Å². The average molecular weight is 427 g/mol.